The molecule has 3 nitrogen and oxygen atoms in total. The Morgan fingerprint density at radius 1 is 1.21 bits per heavy atom. The third-order valence-corrected chi connectivity index (χ3v) is 5.17. The molecule has 0 fully saturated rings. The number of aromatic nitrogens is 3. The second kappa shape index (κ2) is 3.73. The van der Waals surface area contributed by atoms with Gasteiger partial charge in [-0.15, -0.1) is 0 Å². The van der Waals surface area contributed by atoms with E-state index in [9.17, 15) is 0 Å². The van der Waals surface area contributed by atoms with E-state index in [4.69, 9.17) is 11.6 Å². The maximum atomic E-state index is 5.92. The first-order chi connectivity index (χ1) is 6.52. The van der Waals surface area contributed by atoms with Crippen molar-refractivity contribution in [3.05, 3.63) is 24.4 Å². The summed E-state index contributed by atoms with van der Waals surface area (Å²) >= 11 is 16.0. The van der Waals surface area contributed by atoms with E-state index in [1.807, 2.05) is 6.92 Å². The molecule has 2 rings (SSSR count). The van der Waals surface area contributed by atoms with Gasteiger partial charge in [0.1, 0.15) is 4.60 Å². The molecule has 0 atom stereocenters. The first-order valence-corrected chi connectivity index (χ1v) is 6.33. The van der Waals surface area contributed by atoms with Crippen molar-refractivity contribution in [1.29, 1.82) is 0 Å². The third kappa shape index (κ3) is 1.52. The van der Waals surface area contributed by atoms with E-state index in [1.165, 1.54) is 0 Å². The fourth-order valence-electron chi connectivity index (χ4n) is 1.05. The molecule has 7 heteroatoms. The van der Waals surface area contributed by atoms with Crippen LogP contribution < -0.4 is 0 Å². The Morgan fingerprint density at radius 2 is 1.86 bits per heavy atom. The van der Waals surface area contributed by atoms with Crippen LogP contribution in [0.5, 0.6) is 0 Å². The van der Waals surface area contributed by atoms with Gasteiger partial charge in [-0.25, -0.2) is 9.50 Å². The summed E-state index contributed by atoms with van der Waals surface area (Å²) < 4.78 is 3.96. The maximum Gasteiger partial charge on any atom is 0.170 e. The van der Waals surface area contributed by atoms with Crippen LogP contribution in [-0.2, 0) is 0 Å². The summed E-state index contributed by atoms with van der Waals surface area (Å²) in [6.45, 7) is 1.90. The predicted octanol–water partition coefficient (Wildman–Crippen LogP) is 3.98. The van der Waals surface area contributed by atoms with Crippen molar-refractivity contribution in [2.45, 2.75) is 6.92 Å². The molecule has 0 aliphatic heterocycles. The Hall–Kier alpha value is 0.350. The molecule has 2 heterocycles. The molecule has 0 aromatic carbocycles. The fraction of sp³-hybridized carbons (Fsp3) is 0.143. The standard InChI is InChI=1S/C7H3Br3ClN3/c1-2-5(10)14-7(12-2)4(9)3(8)6(11)13-14/h1H3. The van der Waals surface area contributed by atoms with Crippen LogP contribution in [0.1, 0.15) is 5.69 Å². The summed E-state index contributed by atoms with van der Waals surface area (Å²) in [6, 6.07) is 0. The van der Waals surface area contributed by atoms with Crippen LogP contribution in [0.25, 0.3) is 5.65 Å². The smallest absolute Gasteiger partial charge is 0.170 e. The molecule has 2 aromatic heterocycles. The molecular formula is C7H3Br3ClN3. The van der Waals surface area contributed by atoms with E-state index < -0.39 is 0 Å². The number of halogens is 4. The van der Waals surface area contributed by atoms with Gasteiger partial charge >= 0.3 is 0 Å². The molecule has 0 N–H and O–H groups in total. The zero-order chi connectivity index (χ0) is 10.5. The number of imidazole rings is 1. The summed E-state index contributed by atoms with van der Waals surface area (Å²) in [5, 5.41) is 4.54. The zero-order valence-electron chi connectivity index (χ0n) is 6.85. The molecule has 0 saturated carbocycles. The Kier molecular flexibility index (Phi) is 2.90. The van der Waals surface area contributed by atoms with E-state index in [1.54, 1.807) is 4.52 Å². The molecule has 2 aromatic rings. The summed E-state index contributed by atoms with van der Waals surface area (Å²) in [4.78, 5) is 4.33. The normalized spacial score (nSPS) is 11.2. The molecule has 0 saturated heterocycles. The Morgan fingerprint density at radius 3 is 2.50 bits per heavy atom. The van der Waals surface area contributed by atoms with Crippen molar-refractivity contribution in [3.8, 4) is 0 Å². The zero-order valence-corrected chi connectivity index (χ0v) is 12.4. The van der Waals surface area contributed by atoms with Gasteiger partial charge in [0.05, 0.1) is 14.6 Å². The molecule has 0 aliphatic carbocycles. The van der Waals surface area contributed by atoms with Crippen LogP contribution in [0.3, 0.4) is 0 Å². The van der Waals surface area contributed by atoms with Crippen molar-refractivity contribution in [1.82, 2.24) is 14.6 Å². The number of hydrogen-bond donors (Lipinski definition) is 0. The van der Waals surface area contributed by atoms with Crippen molar-refractivity contribution in [2.24, 2.45) is 0 Å². The second-order valence-corrected chi connectivity index (χ2v) is 5.34. The van der Waals surface area contributed by atoms with Gasteiger partial charge in [0.2, 0.25) is 0 Å². The average molecular weight is 404 g/mol. The van der Waals surface area contributed by atoms with Crippen LogP contribution in [0.15, 0.2) is 13.5 Å². The van der Waals surface area contributed by atoms with Crippen LogP contribution in [0.4, 0.5) is 0 Å². The van der Waals surface area contributed by atoms with Gasteiger partial charge in [-0.3, -0.25) is 0 Å². The van der Waals surface area contributed by atoms with Crippen molar-refractivity contribution in [3.63, 3.8) is 0 Å². The highest BCUT2D eigenvalue weighted by atomic mass is 79.9. The van der Waals surface area contributed by atoms with Crippen molar-refractivity contribution < 1.29 is 0 Å². The summed E-state index contributed by atoms with van der Waals surface area (Å²) in [7, 11) is 0. The van der Waals surface area contributed by atoms with Gasteiger partial charge < -0.3 is 0 Å². The highest BCUT2D eigenvalue weighted by Crippen LogP contribution is 2.33. The topological polar surface area (TPSA) is 30.2 Å². The quantitative estimate of drug-likeness (QED) is 0.665. The largest absolute Gasteiger partial charge is 0.230 e. The lowest BCUT2D eigenvalue weighted by Crippen LogP contribution is -1.94. The van der Waals surface area contributed by atoms with Crippen LogP contribution in [0.2, 0.25) is 5.15 Å². The van der Waals surface area contributed by atoms with Gasteiger partial charge in [-0.1, -0.05) is 11.6 Å². The van der Waals surface area contributed by atoms with E-state index in [-0.39, 0.29) is 0 Å². The monoisotopic (exact) mass is 401 g/mol. The highest BCUT2D eigenvalue weighted by molar-refractivity contribution is 9.13. The molecule has 0 amide bonds. The van der Waals surface area contributed by atoms with E-state index in [0.29, 0.717) is 9.63 Å². The minimum absolute atomic E-state index is 0.391. The molecule has 74 valence electrons. The fourth-order valence-corrected chi connectivity index (χ4v) is 2.37. The molecule has 0 radical (unpaired) electrons. The van der Waals surface area contributed by atoms with Crippen LogP contribution >= 0.6 is 59.4 Å². The van der Waals surface area contributed by atoms with Crippen molar-refractivity contribution in [2.75, 3.05) is 0 Å². The lowest BCUT2D eigenvalue weighted by atomic mass is 10.5. The lowest BCUT2D eigenvalue weighted by molar-refractivity contribution is 0.905. The van der Waals surface area contributed by atoms with Crippen LogP contribution in [-0.4, -0.2) is 14.6 Å². The van der Waals surface area contributed by atoms with Crippen LogP contribution in [0, 0.1) is 6.92 Å². The number of fused-ring (bicyclic) bond motifs is 1. The minimum Gasteiger partial charge on any atom is -0.230 e. The first-order valence-electron chi connectivity index (χ1n) is 3.57. The van der Waals surface area contributed by atoms with E-state index in [2.05, 4.69) is 57.9 Å². The lowest BCUT2D eigenvalue weighted by Gasteiger charge is -2.01. The van der Waals surface area contributed by atoms with Crippen molar-refractivity contribution >= 4 is 65.0 Å². The summed E-state index contributed by atoms with van der Waals surface area (Å²) in [5.41, 5.74) is 1.60. The summed E-state index contributed by atoms with van der Waals surface area (Å²) in [5.74, 6) is 0. The third-order valence-electron chi connectivity index (χ3n) is 1.72. The SMILES string of the molecule is Cc1nc2c(Br)c(Br)c(Cl)nn2c1Br. The average Bonchev–Trinajstić information content (AvgIpc) is 2.42. The molecule has 0 bridgehead atoms. The molecule has 0 spiro atoms. The first kappa shape index (κ1) is 10.9. The molecule has 0 aliphatic rings. The van der Waals surface area contributed by atoms with Gasteiger partial charge in [-0.05, 0) is 54.7 Å². The number of rotatable bonds is 0. The van der Waals surface area contributed by atoms with Gasteiger partial charge in [-0.2, -0.15) is 5.10 Å². The Labute approximate surface area is 110 Å². The molecular weight excluding hydrogens is 401 g/mol. The van der Waals surface area contributed by atoms with Gasteiger partial charge in [0.15, 0.2) is 10.8 Å². The minimum atomic E-state index is 0.391. The van der Waals surface area contributed by atoms with E-state index in [0.717, 1.165) is 20.4 Å². The Bertz CT molecular complexity index is 523. The molecule has 0 unspecified atom stereocenters. The maximum absolute atomic E-state index is 5.92. The highest BCUT2D eigenvalue weighted by Gasteiger charge is 2.15. The number of aryl methyl sites for hydroxylation is 1. The number of hydrogen-bond acceptors (Lipinski definition) is 2. The van der Waals surface area contributed by atoms with Gasteiger partial charge in [0, 0.05) is 0 Å². The second-order valence-electron chi connectivity index (χ2n) is 2.64. The number of nitrogens with zero attached hydrogens (tertiary/aromatic N) is 3. The summed E-state index contributed by atoms with van der Waals surface area (Å²) in [6.07, 6.45) is 0. The van der Waals surface area contributed by atoms with Gasteiger partial charge in [0.25, 0.3) is 0 Å². The Balaban J connectivity index is 2.98. The molecule has 14 heavy (non-hydrogen) atoms. The van der Waals surface area contributed by atoms with E-state index >= 15 is 0 Å². The predicted molar refractivity (Wildman–Crippen MR) is 65.8 cm³/mol.